The molecule has 0 saturated carbocycles. The average Bonchev–Trinajstić information content (AvgIpc) is 2.38. The average molecular weight is 303 g/mol. The van der Waals surface area contributed by atoms with Gasteiger partial charge >= 0.3 is 0 Å². The molecule has 1 heterocycles. The van der Waals surface area contributed by atoms with Gasteiger partial charge in [0.05, 0.1) is 4.92 Å². The van der Waals surface area contributed by atoms with Gasteiger partial charge in [-0.3, -0.25) is 14.3 Å². The molecular formula is C12H15ClN2O3S. The number of nitrogens with one attached hydrogen (secondary N) is 1. The van der Waals surface area contributed by atoms with E-state index in [1.54, 1.807) is 6.07 Å². The highest BCUT2D eigenvalue weighted by atomic mass is 35.5. The smallest absolute Gasteiger partial charge is 0.273 e. The first-order valence-corrected chi connectivity index (χ1v) is 7.94. The lowest BCUT2D eigenvalue weighted by Gasteiger charge is -2.22. The van der Waals surface area contributed by atoms with E-state index in [0.717, 1.165) is 12.8 Å². The van der Waals surface area contributed by atoms with E-state index in [2.05, 4.69) is 5.32 Å². The van der Waals surface area contributed by atoms with Crippen LogP contribution in [0.1, 0.15) is 18.4 Å². The maximum atomic E-state index is 11.2. The van der Waals surface area contributed by atoms with Crippen LogP contribution in [-0.2, 0) is 17.3 Å². The van der Waals surface area contributed by atoms with Crippen LogP contribution in [-0.4, -0.2) is 26.7 Å². The summed E-state index contributed by atoms with van der Waals surface area (Å²) >= 11 is 5.87. The Balaban J connectivity index is 2.00. The molecule has 104 valence electrons. The minimum atomic E-state index is -0.694. The summed E-state index contributed by atoms with van der Waals surface area (Å²) in [6, 6.07) is 4.84. The largest absolute Gasteiger partial charge is 0.310 e. The quantitative estimate of drug-likeness (QED) is 0.684. The van der Waals surface area contributed by atoms with Crippen LogP contribution in [0.3, 0.4) is 0 Å². The molecule has 7 heteroatoms. The molecule has 1 aliphatic heterocycles. The van der Waals surface area contributed by atoms with Gasteiger partial charge in [-0.05, 0) is 25.0 Å². The second-order valence-corrected chi connectivity index (χ2v) is 6.67. The molecule has 2 rings (SSSR count). The third-order valence-electron chi connectivity index (χ3n) is 3.21. The molecule has 0 radical (unpaired) electrons. The van der Waals surface area contributed by atoms with E-state index in [4.69, 9.17) is 11.6 Å². The molecule has 1 N–H and O–H groups in total. The Morgan fingerprint density at radius 2 is 2.11 bits per heavy atom. The Morgan fingerprint density at radius 1 is 1.42 bits per heavy atom. The molecule has 1 saturated heterocycles. The fraction of sp³-hybridized carbons (Fsp3) is 0.500. The van der Waals surface area contributed by atoms with E-state index < -0.39 is 15.7 Å². The van der Waals surface area contributed by atoms with Crippen LogP contribution in [0.4, 0.5) is 5.69 Å². The van der Waals surface area contributed by atoms with Crippen molar-refractivity contribution in [1.82, 2.24) is 5.32 Å². The van der Waals surface area contributed by atoms with Crippen LogP contribution in [0.25, 0.3) is 0 Å². The zero-order valence-electron chi connectivity index (χ0n) is 10.3. The van der Waals surface area contributed by atoms with Crippen molar-refractivity contribution in [2.24, 2.45) is 0 Å². The monoisotopic (exact) mass is 302 g/mol. The first-order chi connectivity index (χ1) is 9.06. The predicted octanol–water partition coefficient (Wildman–Crippen LogP) is 2.25. The molecule has 1 fully saturated rings. The summed E-state index contributed by atoms with van der Waals surface area (Å²) < 4.78 is 11.2. The predicted molar refractivity (Wildman–Crippen MR) is 75.8 cm³/mol. The molecule has 0 amide bonds. The lowest BCUT2D eigenvalue weighted by Crippen LogP contribution is -2.35. The number of benzene rings is 1. The molecule has 0 spiro atoms. The summed E-state index contributed by atoms with van der Waals surface area (Å²) in [7, 11) is -0.694. The molecule has 1 aliphatic rings. The molecule has 5 nitrogen and oxygen atoms in total. The summed E-state index contributed by atoms with van der Waals surface area (Å²) in [6.45, 7) is 0.411. The van der Waals surface area contributed by atoms with Gasteiger partial charge in [0.2, 0.25) is 0 Å². The summed E-state index contributed by atoms with van der Waals surface area (Å²) in [5, 5.41) is 14.7. The van der Waals surface area contributed by atoms with E-state index in [9.17, 15) is 14.3 Å². The Bertz CT molecular complexity index is 500. The zero-order valence-corrected chi connectivity index (χ0v) is 11.9. The Hall–Kier alpha value is -0.980. The first-order valence-electron chi connectivity index (χ1n) is 6.07. The summed E-state index contributed by atoms with van der Waals surface area (Å²) in [4.78, 5) is 10.5. The molecular weight excluding hydrogens is 288 g/mol. The highest BCUT2D eigenvalue weighted by Gasteiger charge is 2.19. The number of halogens is 1. The van der Waals surface area contributed by atoms with E-state index in [-0.39, 0.29) is 11.7 Å². The van der Waals surface area contributed by atoms with E-state index in [1.807, 2.05) is 0 Å². The molecule has 0 aliphatic carbocycles. The summed E-state index contributed by atoms with van der Waals surface area (Å²) in [6.07, 6.45) is 1.70. The molecule has 0 aromatic heterocycles. The third-order valence-corrected chi connectivity index (χ3v) is 4.82. The number of hydrogen-bond acceptors (Lipinski definition) is 4. The van der Waals surface area contributed by atoms with Crippen LogP contribution < -0.4 is 5.32 Å². The number of nitrogens with zero attached hydrogens (tertiary/aromatic N) is 1. The van der Waals surface area contributed by atoms with Gasteiger partial charge in [0.15, 0.2) is 0 Å². The maximum absolute atomic E-state index is 11.2. The van der Waals surface area contributed by atoms with Crippen molar-refractivity contribution in [1.29, 1.82) is 0 Å². The van der Waals surface area contributed by atoms with Crippen molar-refractivity contribution < 1.29 is 9.13 Å². The van der Waals surface area contributed by atoms with Crippen molar-refractivity contribution in [3.8, 4) is 0 Å². The van der Waals surface area contributed by atoms with Crippen molar-refractivity contribution in [2.45, 2.75) is 25.4 Å². The lowest BCUT2D eigenvalue weighted by molar-refractivity contribution is -0.385. The summed E-state index contributed by atoms with van der Waals surface area (Å²) in [5.74, 6) is 1.41. The van der Waals surface area contributed by atoms with Gasteiger partial charge in [-0.1, -0.05) is 11.6 Å². The fourth-order valence-electron chi connectivity index (χ4n) is 2.13. The standard InChI is InChI=1S/C12H15ClN2O3S/c13-10-1-2-12(15(16)17)9(7-10)8-14-11-3-5-19(18)6-4-11/h1-2,7,11,14H,3-6,8H2. The van der Waals surface area contributed by atoms with Gasteiger partial charge in [0.1, 0.15) is 0 Å². The minimum Gasteiger partial charge on any atom is -0.310 e. The Kier molecular flexibility index (Phi) is 4.90. The minimum absolute atomic E-state index is 0.0799. The van der Waals surface area contributed by atoms with Gasteiger partial charge in [-0.2, -0.15) is 0 Å². The second-order valence-electron chi connectivity index (χ2n) is 4.53. The molecule has 19 heavy (non-hydrogen) atoms. The van der Waals surface area contributed by atoms with E-state index in [0.29, 0.717) is 28.6 Å². The van der Waals surface area contributed by atoms with Crippen LogP contribution >= 0.6 is 11.6 Å². The molecule has 0 bridgehead atoms. The van der Waals surface area contributed by atoms with Crippen molar-refractivity contribution >= 4 is 28.1 Å². The maximum Gasteiger partial charge on any atom is 0.273 e. The zero-order chi connectivity index (χ0) is 13.8. The van der Waals surface area contributed by atoms with Crippen molar-refractivity contribution in [2.75, 3.05) is 11.5 Å². The SMILES string of the molecule is O=[N+]([O-])c1ccc(Cl)cc1CNC1CCS(=O)CC1. The fourth-order valence-corrected chi connectivity index (χ4v) is 3.62. The highest BCUT2D eigenvalue weighted by Crippen LogP contribution is 2.23. The number of hydrogen-bond donors (Lipinski definition) is 1. The second kappa shape index (κ2) is 6.45. The number of nitro groups is 1. The Morgan fingerprint density at radius 3 is 2.74 bits per heavy atom. The lowest BCUT2D eigenvalue weighted by atomic mass is 10.1. The van der Waals surface area contributed by atoms with Crippen LogP contribution in [0, 0.1) is 10.1 Å². The molecule has 1 aromatic rings. The highest BCUT2D eigenvalue weighted by molar-refractivity contribution is 7.85. The van der Waals surface area contributed by atoms with Gasteiger partial charge in [0.25, 0.3) is 5.69 Å². The molecule has 0 atom stereocenters. The van der Waals surface area contributed by atoms with Crippen molar-refractivity contribution in [3.05, 3.63) is 38.9 Å². The first kappa shape index (κ1) is 14.4. The van der Waals surface area contributed by atoms with Gasteiger partial charge < -0.3 is 5.32 Å². The topological polar surface area (TPSA) is 72.2 Å². The van der Waals surface area contributed by atoms with Gasteiger partial charge in [-0.15, -0.1) is 0 Å². The van der Waals surface area contributed by atoms with Crippen LogP contribution in [0.2, 0.25) is 5.02 Å². The molecule has 0 unspecified atom stereocenters. The van der Waals surface area contributed by atoms with Crippen molar-refractivity contribution in [3.63, 3.8) is 0 Å². The third kappa shape index (κ3) is 3.99. The van der Waals surface area contributed by atoms with Gasteiger partial charge in [-0.25, -0.2) is 0 Å². The number of rotatable bonds is 4. The molecule has 1 aromatic carbocycles. The van der Waals surface area contributed by atoms with Crippen LogP contribution in [0.15, 0.2) is 18.2 Å². The van der Waals surface area contributed by atoms with Gasteiger partial charge in [0, 0.05) is 51.5 Å². The van der Waals surface area contributed by atoms with E-state index in [1.165, 1.54) is 12.1 Å². The Labute approximate surface area is 118 Å². The van der Waals surface area contributed by atoms with Crippen LogP contribution in [0.5, 0.6) is 0 Å². The normalized spacial score (nSPS) is 23.2. The summed E-state index contributed by atoms with van der Waals surface area (Å²) in [5.41, 5.74) is 0.667. The van der Waals surface area contributed by atoms with E-state index >= 15 is 0 Å². The number of nitro benzene ring substituents is 1.